The number of methoxy groups -OCH3 is 1. The van der Waals surface area contributed by atoms with E-state index >= 15 is 0 Å². The van der Waals surface area contributed by atoms with Crippen LogP contribution in [0.4, 0.5) is 0 Å². The molecule has 0 aliphatic heterocycles. The van der Waals surface area contributed by atoms with E-state index in [4.69, 9.17) is 9.47 Å². The Morgan fingerprint density at radius 1 is 1.13 bits per heavy atom. The van der Waals surface area contributed by atoms with Crippen LogP contribution in [-0.2, 0) is 4.79 Å². The molecule has 0 spiro atoms. The van der Waals surface area contributed by atoms with Crippen LogP contribution in [0.1, 0.15) is 29.7 Å². The Balaban J connectivity index is 1.94. The molecule has 0 radical (unpaired) electrons. The molecule has 4 nitrogen and oxygen atoms in total. The molecule has 4 heteroatoms. The van der Waals surface area contributed by atoms with Gasteiger partial charge in [0.05, 0.1) is 13.2 Å². The predicted octanol–water partition coefficient (Wildman–Crippen LogP) is 3.57. The molecule has 1 unspecified atom stereocenters. The summed E-state index contributed by atoms with van der Waals surface area (Å²) in [6, 6.07) is 13.4. The maximum absolute atomic E-state index is 12.1. The lowest BCUT2D eigenvalue weighted by Gasteiger charge is -2.17. The number of carbonyl (C=O) groups excluding carboxylic acids is 1. The van der Waals surface area contributed by atoms with E-state index in [9.17, 15) is 4.79 Å². The van der Waals surface area contributed by atoms with Crippen LogP contribution in [0.15, 0.2) is 42.5 Å². The van der Waals surface area contributed by atoms with E-state index < -0.39 is 0 Å². The normalized spacial score (nSPS) is 11.7. The first kappa shape index (κ1) is 16.9. The van der Waals surface area contributed by atoms with Crippen molar-refractivity contribution in [3.63, 3.8) is 0 Å². The summed E-state index contributed by atoms with van der Waals surface area (Å²) >= 11 is 0. The second kappa shape index (κ2) is 7.68. The van der Waals surface area contributed by atoms with E-state index in [1.165, 1.54) is 0 Å². The Labute approximate surface area is 137 Å². The van der Waals surface area contributed by atoms with Crippen LogP contribution < -0.4 is 14.8 Å². The fourth-order valence-corrected chi connectivity index (χ4v) is 2.55. The second-order valence-corrected chi connectivity index (χ2v) is 5.64. The van der Waals surface area contributed by atoms with Gasteiger partial charge in [0.25, 0.3) is 5.91 Å². The number of benzene rings is 2. The molecule has 0 heterocycles. The van der Waals surface area contributed by atoms with Crippen molar-refractivity contribution in [2.45, 2.75) is 26.8 Å². The van der Waals surface area contributed by atoms with Crippen LogP contribution >= 0.6 is 0 Å². The minimum atomic E-state index is -0.164. The molecule has 0 fully saturated rings. The zero-order chi connectivity index (χ0) is 16.8. The van der Waals surface area contributed by atoms with Crippen LogP contribution in [-0.4, -0.2) is 19.6 Å². The van der Waals surface area contributed by atoms with E-state index in [2.05, 4.69) is 11.4 Å². The summed E-state index contributed by atoms with van der Waals surface area (Å²) in [7, 11) is 1.62. The quantitative estimate of drug-likeness (QED) is 0.887. The standard InChI is InChI=1S/C19H23NO3/c1-13-9-14(2)11-16(10-13)23-12-19(21)20-15(3)17-7-5-6-8-18(17)22-4/h5-11,15H,12H2,1-4H3,(H,20,21). The Hall–Kier alpha value is -2.49. The third kappa shape index (κ3) is 4.74. The lowest BCUT2D eigenvalue weighted by atomic mass is 10.1. The van der Waals surface area contributed by atoms with Gasteiger partial charge in [-0.15, -0.1) is 0 Å². The second-order valence-electron chi connectivity index (χ2n) is 5.64. The van der Waals surface area contributed by atoms with Gasteiger partial charge in [0, 0.05) is 5.56 Å². The molecular formula is C19H23NO3. The maximum Gasteiger partial charge on any atom is 0.258 e. The number of hydrogen-bond acceptors (Lipinski definition) is 3. The molecule has 2 aromatic rings. The van der Waals surface area contributed by atoms with E-state index in [1.54, 1.807) is 7.11 Å². The average Bonchev–Trinajstić information content (AvgIpc) is 2.52. The topological polar surface area (TPSA) is 47.6 Å². The minimum Gasteiger partial charge on any atom is -0.496 e. The number of rotatable bonds is 6. The largest absolute Gasteiger partial charge is 0.496 e. The zero-order valence-corrected chi connectivity index (χ0v) is 14.1. The van der Waals surface area contributed by atoms with Gasteiger partial charge in [-0.05, 0) is 50.1 Å². The Morgan fingerprint density at radius 3 is 2.43 bits per heavy atom. The van der Waals surface area contributed by atoms with Gasteiger partial charge in [0.15, 0.2) is 6.61 Å². The molecule has 2 rings (SSSR count). The first-order valence-electron chi connectivity index (χ1n) is 7.63. The molecule has 0 bridgehead atoms. The molecular weight excluding hydrogens is 290 g/mol. The molecule has 0 aliphatic rings. The van der Waals surface area contributed by atoms with Crippen molar-refractivity contribution in [1.82, 2.24) is 5.32 Å². The summed E-state index contributed by atoms with van der Waals surface area (Å²) in [5.74, 6) is 1.31. The van der Waals surface area contributed by atoms with Crippen molar-refractivity contribution < 1.29 is 14.3 Å². The lowest BCUT2D eigenvalue weighted by molar-refractivity contribution is -0.123. The third-order valence-corrected chi connectivity index (χ3v) is 3.55. The number of ether oxygens (including phenoxy) is 2. The van der Waals surface area contributed by atoms with Crippen LogP contribution in [0, 0.1) is 13.8 Å². The molecule has 1 amide bonds. The summed E-state index contributed by atoms with van der Waals surface area (Å²) in [6.07, 6.45) is 0. The highest BCUT2D eigenvalue weighted by atomic mass is 16.5. The number of para-hydroxylation sites is 1. The van der Waals surface area contributed by atoms with Crippen LogP contribution in [0.25, 0.3) is 0 Å². The van der Waals surface area contributed by atoms with Crippen molar-refractivity contribution in [2.75, 3.05) is 13.7 Å². The van der Waals surface area contributed by atoms with Gasteiger partial charge in [-0.25, -0.2) is 0 Å². The van der Waals surface area contributed by atoms with Gasteiger partial charge in [-0.1, -0.05) is 24.3 Å². The number of carbonyl (C=O) groups is 1. The molecule has 0 aromatic heterocycles. The van der Waals surface area contributed by atoms with Crippen molar-refractivity contribution in [1.29, 1.82) is 0 Å². The molecule has 1 atom stereocenters. The summed E-state index contributed by atoms with van der Waals surface area (Å²) in [5.41, 5.74) is 3.17. The average molecular weight is 313 g/mol. The fourth-order valence-electron chi connectivity index (χ4n) is 2.55. The van der Waals surface area contributed by atoms with Crippen LogP contribution in [0.2, 0.25) is 0 Å². The number of aryl methyl sites for hydroxylation is 2. The molecule has 0 saturated heterocycles. The maximum atomic E-state index is 12.1. The molecule has 122 valence electrons. The highest BCUT2D eigenvalue weighted by Crippen LogP contribution is 2.24. The van der Waals surface area contributed by atoms with Gasteiger partial charge in [-0.3, -0.25) is 4.79 Å². The van der Waals surface area contributed by atoms with Gasteiger partial charge in [-0.2, -0.15) is 0 Å². The number of amides is 1. The van der Waals surface area contributed by atoms with Crippen LogP contribution in [0.3, 0.4) is 0 Å². The summed E-state index contributed by atoms with van der Waals surface area (Å²) in [4.78, 5) is 12.1. The van der Waals surface area contributed by atoms with Gasteiger partial charge >= 0.3 is 0 Å². The van der Waals surface area contributed by atoms with E-state index in [1.807, 2.05) is 57.2 Å². The summed E-state index contributed by atoms with van der Waals surface area (Å²) < 4.78 is 10.9. The Kier molecular flexibility index (Phi) is 5.63. The SMILES string of the molecule is COc1ccccc1C(C)NC(=O)COc1cc(C)cc(C)c1. The van der Waals surface area contributed by atoms with E-state index in [0.717, 1.165) is 22.4 Å². The first-order valence-corrected chi connectivity index (χ1v) is 7.63. The van der Waals surface area contributed by atoms with Crippen molar-refractivity contribution >= 4 is 5.91 Å². The minimum absolute atomic E-state index is 0.0115. The van der Waals surface area contributed by atoms with Crippen LogP contribution in [0.5, 0.6) is 11.5 Å². The van der Waals surface area contributed by atoms with Gasteiger partial charge in [0.1, 0.15) is 11.5 Å². The smallest absolute Gasteiger partial charge is 0.258 e. The first-order chi connectivity index (χ1) is 11.0. The zero-order valence-electron chi connectivity index (χ0n) is 14.1. The Morgan fingerprint density at radius 2 is 1.78 bits per heavy atom. The lowest BCUT2D eigenvalue weighted by Crippen LogP contribution is -2.31. The predicted molar refractivity (Wildman–Crippen MR) is 91.0 cm³/mol. The van der Waals surface area contributed by atoms with E-state index in [-0.39, 0.29) is 18.6 Å². The molecule has 23 heavy (non-hydrogen) atoms. The third-order valence-electron chi connectivity index (χ3n) is 3.55. The monoisotopic (exact) mass is 313 g/mol. The van der Waals surface area contributed by atoms with E-state index in [0.29, 0.717) is 5.75 Å². The molecule has 2 aromatic carbocycles. The van der Waals surface area contributed by atoms with Gasteiger partial charge < -0.3 is 14.8 Å². The van der Waals surface area contributed by atoms with Gasteiger partial charge in [0.2, 0.25) is 0 Å². The number of hydrogen-bond donors (Lipinski definition) is 1. The summed E-state index contributed by atoms with van der Waals surface area (Å²) in [5, 5.41) is 2.93. The fraction of sp³-hybridized carbons (Fsp3) is 0.316. The highest BCUT2D eigenvalue weighted by Gasteiger charge is 2.14. The Bertz CT molecular complexity index is 662. The van der Waals surface area contributed by atoms with Crippen molar-refractivity contribution in [3.8, 4) is 11.5 Å². The molecule has 0 aliphatic carbocycles. The molecule has 1 N–H and O–H groups in total. The van der Waals surface area contributed by atoms with Crippen molar-refractivity contribution in [2.24, 2.45) is 0 Å². The number of nitrogens with one attached hydrogen (secondary N) is 1. The van der Waals surface area contributed by atoms with Crippen molar-refractivity contribution in [3.05, 3.63) is 59.2 Å². The summed E-state index contributed by atoms with van der Waals surface area (Å²) in [6.45, 7) is 5.92. The molecule has 0 saturated carbocycles. The highest BCUT2D eigenvalue weighted by molar-refractivity contribution is 5.78.